The van der Waals surface area contributed by atoms with Crippen LogP contribution in [0.1, 0.15) is 12.6 Å². The zero-order valence-corrected chi connectivity index (χ0v) is 17.5. The molecule has 1 aromatic carbocycles. The van der Waals surface area contributed by atoms with E-state index in [0.717, 1.165) is 27.7 Å². The van der Waals surface area contributed by atoms with Gasteiger partial charge in [-0.05, 0) is 19.1 Å². The Morgan fingerprint density at radius 2 is 1.90 bits per heavy atom. The normalized spacial score (nSPS) is 14.3. The van der Waals surface area contributed by atoms with Gasteiger partial charge in [-0.3, -0.25) is 0 Å². The van der Waals surface area contributed by atoms with Crippen molar-refractivity contribution in [2.45, 2.75) is 12.8 Å². The van der Waals surface area contributed by atoms with Gasteiger partial charge >= 0.3 is 6.09 Å². The number of fused-ring (bicyclic) bond motifs is 1. The van der Waals surface area contributed by atoms with Gasteiger partial charge in [-0.25, -0.2) is 19.7 Å². The number of nitrogens with one attached hydrogen (secondary N) is 1. The Labute approximate surface area is 177 Å². The number of benzene rings is 1. The molecule has 1 aliphatic heterocycles. The highest BCUT2D eigenvalue weighted by atomic mass is 35.5. The maximum absolute atomic E-state index is 12.0. The van der Waals surface area contributed by atoms with Gasteiger partial charge < -0.3 is 19.9 Å². The van der Waals surface area contributed by atoms with Crippen LogP contribution in [-0.4, -0.2) is 58.7 Å². The molecule has 0 unspecified atom stereocenters. The Bertz CT molecular complexity index is 1010. The van der Waals surface area contributed by atoms with Gasteiger partial charge in [0.05, 0.1) is 29.2 Å². The molecule has 1 fully saturated rings. The molecule has 1 amide bonds. The van der Waals surface area contributed by atoms with E-state index in [0.29, 0.717) is 44.5 Å². The van der Waals surface area contributed by atoms with Crippen molar-refractivity contribution >= 4 is 56.8 Å². The Hall–Kier alpha value is -2.65. The molecule has 10 heteroatoms. The van der Waals surface area contributed by atoms with E-state index in [1.54, 1.807) is 4.90 Å². The number of ether oxygens (including phenoxy) is 1. The van der Waals surface area contributed by atoms with Gasteiger partial charge in [-0.15, -0.1) is 22.9 Å². The van der Waals surface area contributed by atoms with Gasteiger partial charge in [0.25, 0.3) is 0 Å². The van der Waals surface area contributed by atoms with Crippen LogP contribution in [0.3, 0.4) is 0 Å². The van der Waals surface area contributed by atoms with E-state index in [1.165, 1.54) is 11.3 Å². The van der Waals surface area contributed by atoms with E-state index in [-0.39, 0.29) is 6.09 Å². The number of carbonyl (C=O) groups is 1. The van der Waals surface area contributed by atoms with Crippen LogP contribution in [0.2, 0.25) is 0 Å². The van der Waals surface area contributed by atoms with Gasteiger partial charge in [0.2, 0.25) is 0 Å². The van der Waals surface area contributed by atoms with E-state index < -0.39 is 0 Å². The first-order chi connectivity index (χ1) is 14.2. The van der Waals surface area contributed by atoms with Crippen LogP contribution in [0, 0.1) is 0 Å². The van der Waals surface area contributed by atoms with Crippen molar-refractivity contribution in [2.75, 3.05) is 43.0 Å². The lowest BCUT2D eigenvalue weighted by molar-refractivity contribution is 0.105. The highest BCUT2D eigenvalue weighted by Crippen LogP contribution is 2.30. The Kier molecular flexibility index (Phi) is 5.96. The van der Waals surface area contributed by atoms with Crippen molar-refractivity contribution in [1.82, 2.24) is 19.9 Å². The van der Waals surface area contributed by atoms with E-state index >= 15 is 0 Å². The number of aromatic nitrogens is 3. The summed E-state index contributed by atoms with van der Waals surface area (Å²) >= 11 is 7.35. The summed E-state index contributed by atoms with van der Waals surface area (Å²) in [4.78, 5) is 29.9. The predicted octanol–water partition coefficient (Wildman–Crippen LogP) is 3.85. The number of carbonyl (C=O) groups excluding carboxylic acids is 1. The Balaban J connectivity index is 1.61. The lowest BCUT2D eigenvalue weighted by atomic mass is 10.3. The average Bonchev–Trinajstić information content (AvgIpc) is 3.21. The predicted molar refractivity (Wildman–Crippen MR) is 115 cm³/mol. The summed E-state index contributed by atoms with van der Waals surface area (Å²) < 4.78 is 5.11. The molecule has 4 rings (SSSR count). The van der Waals surface area contributed by atoms with E-state index in [9.17, 15) is 4.79 Å². The fourth-order valence-electron chi connectivity index (χ4n) is 3.14. The van der Waals surface area contributed by atoms with Gasteiger partial charge in [0.1, 0.15) is 0 Å². The molecular formula is C19H21ClN6O2S. The van der Waals surface area contributed by atoms with E-state index in [2.05, 4.69) is 15.2 Å². The summed E-state index contributed by atoms with van der Waals surface area (Å²) in [5.41, 5.74) is 2.44. The molecule has 8 nitrogen and oxygen atoms in total. The van der Waals surface area contributed by atoms with Crippen molar-refractivity contribution in [3.05, 3.63) is 35.3 Å². The summed E-state index contributed by atoms with van der Waals surface area (Å²) in [6.07, 6.45) is -0.272. The largest absolute Gasteiger partial charge is 0.450 e. The number of para-hydroxylation sites is 2. The molecule has 0 saturated carbocycles. The van der Waals surface area contributed by atoms with E-state index in [4.69, 9.17) is 26.3 Å². The SMILES string of the molecule is CCOC(=O)N1CCN(c2nc3ccccc3nc2Nc2nc(CCl)cs2)CC1. The fraction of sp³-hybridized carbons (Fsp3) is 0.368. The van der Waals surface area contributed by atoms with Gasteiger partial charge in [-0.1, -0.05) is 12.1 Å². The second kappa shape index (κ2) is 8.79. The molecule has 0 spiro atoms. The monoisotopic (exact) mass is 432 g/mol. The summed E-state index contributed by atoms with van der Waals surface area (Å²) in [5, 5.41) is 5.94. The summed E-state index contributed by atoms with van der Waals surface area (Å²) in [6.45, 7) is 4.61. The van der Waals surface area contributed by atoms with Crippen LogP contribution in [0.15, 0.2) is 29.6 Å². The molecule has 152 valence electrons. The number of amides is 1. The van der Waals surface area contributed by atoms with Crippen LogP contribution in [0.5, 0.6) is 0 Å². The van der Waals surface area contributed by atoms with Crippen molar-refractivity contribution in [3.8, 4) is 0 Å². The van der Waals surface area contributed by atoms with Gasteiger partial charge in [0, 0.05) is 31.6 Å². The number of nitrogens with zero attached hydrogens (tertiary/aromatic N) is 5. The maximum atomic E-state index is 12.0. The fourth-order valence-corrected chi connectivity index (χ4v) is 4.08. The third kappa shape index (κ3) is 4.35. The first kappa shape index (κ1) is 19.7. The molecule has 0 radical (unpaired) electrons. The summed E-state index contributed by atoms with van der Waals surface area (Å²) in [7, 11) is 0. The van der Waals surface area contributed by atoms with Crippen LogP contribution in [-0.2, 0) is 10.6 Å². The maximum Gasteiger partial charge on any atom is 0.409 e. The summed E-state index contributed by atoms with van der Waals surface area (Å²) in [6, 6.07) is 7.76. The van der Waals surface area contributed by atoms with Crippen LogP contribution in [0.4, 0.5) is 21.6 Å². The molecule has 2 aromatic heterocycles. The average molecular weight is 433 g/mol. The van der Waals surface area contributed by atoms with Crippen molar-refractivity contribution in [2.24, 2.45) is 0 Å². The quantitative estimate of drug-likeness (QED) is 0.613. The van der Waals surface area contributed by atoms with Gasteiger partial charge in [-0.2, -0.15) is 0 Å². The van der Waals surface area contributed by atoms with Crippen molar-refractivity contribution < 1.29 is 9.53 Å². The molecule has 29 heavy (non-hydrogen) atoms. The number of rotatable bonds is 5. The van der Waals surface area contributed by atoms with Gasteiger partial charge in [0.15, 0.2) is 16.8 Å². The molecule has 0 bridgehead atoms. The minimum absolute atomic E-state index is 0.272. The molecular weight excluding hydrogens is 412 g/mol. The number of piperazine rings is 1. The molecule has 1 N–H and O–H groups in total. The topological polar surface area (TPSA) is 83.5 Å². The highest BCUT2D eigenvalue weighted by molar-refractivity contribution is 7.13. The number of hydrogen-bond donors (Lipinski definition) is 1. The third-order valence-corrected chi connectivity index (χ3v) is 5.65. The molecule has 1 aliphatic rings. The zero-order chi connectivity index (χ0) is 20.2. The molecule has 1 saturated heterocycles. The first-order valence-corrected chi connectivity index (χ1v) is 10.8. The lowest BCUT2D eigenvalue weighted by Crippen LogP contribution is -2.49. The second-order valence-corrected chi connectivity index (χ2v) is 7.59. The van der Waals surface area contributed by atoms with Crippen LogP contribution in [0.25, 0.3) is 11.0 Å². The number of anilines is 3. The minimum atomic E-state index is -0.272. The van der Waals surface area contributed by atoms with Crippen LogP contribution >= 0.6 is 22.9 Å². The van der Waals surface area contributed by atoms with Crippen LogP contribution < -0.4 is 10.2 Å². The number of hydrogen-bond acceptors (Lipinski definition) is 8. The van der Waals surface area contributed by atoms with E-state index in [1.807, 2.05) is 36.6 Å². The number of alkyl halides is 1. The molecule has 3 aromatic rings. The zero-order valence-electron chi connectivity index (χ0n) is 16.0. The third-order valence-electron chi connectivity index (χ3n) is 4.57. The molecule has 0 aliphatic carbocycles. The minimum Gasteiger partial charge on any atom is -0.450 e. The summed E-state index contributed by atoms with van der Waals surface area (Å²) in [5.74, 6) is 1.75. The smallest absolute Gasteiger partial charge is 0.409 e. The number of halogens is 1. The first-order valence-electron chi connectivity index (χ1n) is 9.38. The standard InChI is InChI=1S/C19H21ClN6O2S/c1-2-28-19(27)26-9-7-25(8-10-26)17-16(24-18-21-13(11-20)12-29-18)22-14-5-3-4-6-15(14)23-17/h3-6,12H,2,7-11H2,1H3,(H,21,22,24). The van der Waals surface area contributed by atoms with Crippen molar-refractivity contribution in [1.29, 1.82) is 0 Å². The molecule has 0 atom stereocenters. The molecule has 3 heterocycles. The Morgan fingerprint density at radius 1 is 1.17 bits per heavy atom. The lowest BCUT2D eigenvalue weighted by Gasteiger charge is -2.35. The second-order valence-electron chi connectivity index (χ2n) is 6.46. The highest BCUT2D eigenvalue weighted by Gasteiger charge is 2.25. The Morgan fingerprint density at radius 3 is 2.55 bits per heavy atom. The van der Waals surface area contributed by atoms with Crippen molar-refractivity contribution in [3.63, 3.8) is 0 Å². The number of thiazole rings is 1.